The fourth-order valence-electron chi connectivity index (χ4n) is 1.15. The normalized spacial score (nSPS) is 12.2. The van der Waals surface area contributed by atoms with Crippen molar-refractivity contribution in [3.05, 3.63) is 60.7 Å². The van der Waals surface area contributed by atoms with E-state index < -0.39 is 11.8 Å². The highest BCUT2D eigenvalue weighted by molar-refractivity contribution is 5.31. The summed E-state index contributed by atoms with van der Waals surface area (Å²) >= 11 is 0. The first-order valence-electron chi connectivity index (χ1n) is 4.47. The average Bonchev–Trinajstić information content (AvgIpc) is 2.29. The third-order valence-electron chi connectivity index (χ3n) is 2.17. The molecule has 0 fully saturated rings. The van der Waals surface area contributed by atoms with Gasteiger partial charge in [0.05, 0.1) is 0 Å². The van der Waals surface area contributed by atoms with Crippen molar-refractivity contribution in [2.45, 2.75) is 11.8 Å². The van der Waals surface area contributed by atoms with Gasteiger partial charge in [-0.3, -0.25) is 0 Å². The second-order valence-electron chi connectivity index (χ2n) is 3.23. The molecule has 0 radical (unpaired) electrons. The minimum absolute atomic E-state index is 0.369. The predicted molar refractivity (Wildman–Crippen MR) is 54.6 cm³/mol. The number of benzene rings is 1. The summed E-state index contributed by atoms with van der Waals surface area (Å²) in [5.74, 6) is -6.41. The van der Waals surface area contributed by atoms with Crippen molar-refractivity contribution in [3.63, 3.8) is 0 Å². The second kappa shape index (κ2) is 4.12. The van der Waals surface area contributed by atoms with E-state index >= 15 is 0 Å². The van der Waals surface area contributed by atoms with Crippen LogP contribution in [0.1, 0.15) is 11.1 Å². The summed E-state index contributed by atoms with van der Waals surface area (Å²) in [5, 5.41) is 0. The molecule has 1 rings (SSSR count). The van der Waals surface area contributed by atoms with Crippen LogP contribution in [-0.2, 0) is 11.8 Å². The minimum atomic E-state index is -3.21. The number of rotatable bonds is 4. The van der Waals surface area contributed by atoms with Crippen LogP contribution >= 0.6 is 0 Å². The molecule has 0 heterocycles. The smallest absolute Gasteiger partial charge is 0.197 e. The van der Waals surface area contributed by atoms with E-state index in [4.69, 9.17) is 0 Å². The minimum Gasteiger partial charge on any atom is -0.197 e. The van der Waals surface area contributed by atoms with Gasteiger partial charge in [-0.1, -0.05) is 37.4 Å². The van der Waals surface area contributed by atoms with Gasteiger partial charge in [-0.05, 0) is 12.2 Å². The van der Waals surface area contributed by atoms with Crippen molar-refractivity contribution in [2.75, 3.05) is 0 Å². The number of halogens is 4. The summed E-state index contributed by atoms with van der Waals surface area (Å²) in [5.41, 5.74) is -0.739. The maximum atomic E-state index is 13.1. The molecule has 1 aromatic rings. The Morgan fingerprint density at radius 2 is 1.00 bits per heavy atom. The molecule has 0 saturated heterocycles. The van der Waals surface area contributed by atoms with Crippen LogP contribution in [0.4, 0.5) is 17.6 Å². The highest BCUT2D eigenvalue weighted by atomic mass is 19.3. The molecule has 0 N–H and O–H groups in total. The first-order chi connectivity index (χ1) is 7.33. The van der Waals surface area contributed by atoms with Gasteiger partial charge in [0, 0.05) is 11.1 Å². The summed E-state index contributed by atoms with van der Waals surface area (Å²) in [6.07, 6.45) is 0.932. The molecule has 16 heavy (non-hydrogen) atoms. The van der Waals surface area contributed by atoms with E-state index in [0.717, 1.165) is 24.3 Å². The zero-order valence-electron chi connectivity index (χ0n) is 8.39. The summed E-state index contributed by atoms with van der Waals surface area (Å²) in [6.45, 7) is 5.96. The molecule has 0 aliphatic heterocycles. The van der Waals surface area contributed by atoms with Crippen LogP contribution in [0, 0.1) is 0 Å². The molecule has 0 nitrogen and oxygen atoms in total. The van der Waals surface area contributed by atoms with E-state index in [-0.39, 0.29) is 11.1 Å². The van der Waals surface area contributed by atoms with Crippen molar-refractivity contribution in [2.24, 2.45) is 0 Å². The Labute approximate surface area is 90.9 Å². The quantitative estimate of drug-likeness (QED) is 0.536. The molecule has 0 aromatic heterocycles. The van der Waals surface area contributed by atoms with Gasteiger partial charge in [-0.25, -0.2) is 0 Å². The zero-order valence-corrected chi connectivity index (χ0v) is 8.39. The molecule has 0 saturated carbocycles. The Balaban J connectivity index is 3.09. The number of alkyl halides is 4. The monoisotopic (exact) mass is 230 g/mol. The highest BCUT2D eigenvalue weighted by Crippen LogP contribution is 2.33. The number of hydrogen-bond donors (Lipinski definition) is 0. The first kappa shape index (κ1) is 12.5. The van der Waals surface area contributed by atoms with Crippen LogP contribution in [0.2, 0.25) is 0 Å². The summed E-state index contributed by atoms with van der Waals surface area (Å²) in [6, 6.07) is 3.81. The van der Waals surface area contributed by atoms with Crippen LogP contribution in [0.3, 0.4) is 0 Å². The van der Waals surface area contributed by atoms with Gasteiger partial charge in [-0.2, -0.15) is 17.6 Å². The first-order valence-corrected chi connectivity index (χ1v) is 4.47. The van der Waals surface area contributed by atoms with Crippen LogP contribution in [0.5, 0.6) is 0 Å². The van der Waals surface area contributed by atoms with Crippen LogP contribution in [0.15, 0.2) is 49.6 Å². The van der Waals surface area contributed by atoms with E-state index in [9.17, 15) is 17.6 Å². The van der Waals surface area contributed by atoms with E-state index in [1.807, 2.05) is 0 Å². The Bertz CT molecular complexity index is 351. The molecule has 1 aromatic carbocycles. The Kier molecular flexibility index (Phi) is 3.21. The zero-order chi connectivity index (χ0) is 12.4. The Morgan fingerprint density at radius 1 is 0.750 bits per heavy atom. The molecular weight excluding hydrogens is 220 g/mol. The van der Waals surface area contributed by atoms with Crippen LogP contribution in [0.25, 0.3) is 0 Å². The maximum Gasteiger partial charge on any atom is 0.291 e. The van der Waals surface area contributed by atoms with Gasteiger partial charge >= 0.3 is 0 Å². The number of hydrogen-bond acceptors (Lipinski definition) is 0. The lowest BCUT2D eigenvalue weighted by molar-refractivity contribution is 0.0481. The van der Waals surface area contributed by atoms with Crippen molar-refractivity contribution >= 4 is 0 Å². The summed E-state index contributed by atoms with van der Waals surface area (Å²) < 4.78 is 52.3. The fourth-order valence-corrected chi connectivity index (χ4v) is 1.15. The number of allylic oxidation sites excluding steroid dienone is 2. The second-order valence-corrected chi connectivity index (χ2v) is 3.23. The van der Waals surface area contributed by atoms with Gasteiger partial charge < -0.3 is 0 Å². The SMILES string of the molecule is C=CC(F)(F)c1ccc(C(F)(F)C=C)cc1. The standard InChI is InChI=1S/C12H10F4/c1-3-11(13,14)9-5-7-10(8-6-9)12(15,16)4-2/h3-8H,1-2H2. The molecule has 4 heteroatoms. The third kappa shape index (κ3) is 2.32. The van der Waals surface area contributed by atoms with Gasteiger partial charge in [0.15, 0.2) is 0 Å². The van der Waals surface area contributed by atoms with Crippen molar-refractivity contribution in [1.82, 2.24) is 0 Å². The van der Waals surface area contributed by atoms with E-state index in [1.54, 1.807) is 0 Å². The Morgan fingerprint density at radius 3 is 1.19 bits per heavy atom. The topological polar surface area (TPSA) is 0 Å². The average molecular weight is 230 g/mol. The third-order valence-corrected chi connectivity index (χ3v) is 2.17. The lowest BCUT2D eigenvalue weighted by Gasteiger charge is -2.15. The van der Waals surface area contributed by atoms with Gasteiger partial charge in [0.25, 0.3) is 11.8 Å². The fraction of sp³-hybridized carbons (Fsp3) is 0.167. The molecule has 0 spiro atoms. The maximum absolute atomic E-state index is 13.1. The van der Waals surface area contributed by atoms with Gasteiger partial charge in [-0.15, -0.1) is 0 Å². The molecule has 0 bridgehead atoms. The lowest BCUT2D eigenvalue weighted by Crippen LogP contribution is -2.12. The largest absolute Gasteiger partial charge is 0.291 e. The summed E-state index contributed by atoms with van der Waals surface area (Å²) in [7, 11) is 0. The highest BCUT2D eigenvalue weighted by Gasteiger charge is 2.30. The Hall–Kier alpha value is -1.58. The lowest BCUT2D eigenvalue weighted by atomic mass is 10.0. The molecule has 86 valence electrons. The van der Waals surface area contributed by atoms with Crippen molar-refractivity contribution in [1.29, 1.82) is 0 Å². The van der Waals surface area contributed by atoms with E-state index in [2.05, 4.69) is 13.2 Å². The predicted octanol–water partition coefficient (Wildman–Crippen LogP) is 4.24. The van der Waals surface area contributed by atoms with Crippen LogP contribution < -0.4 is 0 Å². The molecule has 0 aliphatic carbocycles. The molecule has 0 aliphatic rings. The molecule has 0 atom stereocenters. The van der Waals surface area contributed by atoms with E-state index in [1.165, 1.54) is 0 Å². The van der Waals surface area contributed by atoms with Gasteiger partial charge in [0.1, 0.15) is 0 Å². The molecule has 0 unspecified atom stereocenters. The van der Waals surface area contributed by atoms with Gasteiger partial charge in [0.2, 0.25) is 0 Å². The van der Waals surface area contributed by atoms with E-state index in [0.29, 0.717) is 12.2 Å². The molecule has 0 amide bonds. The van der Waals surface area contributed by atoms with Crippen LogP contribution in [-0.4, -0.2) is 0 Å². The van der Waals surface area contributed by atoms with Crippen molar-refractivity contribution in [3.8, 4) is 0 Å². The van der Waals surface area contributed by atoms with Crippen molar-refractivity contribution < 1.29 is 17.6 Å². The summed E-state index contributed by atoms with van der Waals surface area (Å²) in [4.78, 5) is 0. The molecular formula is C12H10F4.